The van der Waals surface area contributed by atoms with Gasteiger partial charge >= 0.3 is 0 Å². The van der Waals surface area contributed by atoms with Crippen molar-refractivity contribution in [2.45, 2.75) is 6.42 Å². The molecule has 0 saturated carbocycles. The van der Waals surface area contributed by atoms with Crippen LogP contribution in [0.5, 0.6) is 0 Å². The van der Waals surface area contributed by atoms with Crippen LogP contribution in [0.4, 0.5) is 0 Å². The molecule has 2 heterocycles. The number of hydrogen-bond donors (Lipinski definition) is 0. The van der Waals surface area contributed by atoms with Gasteiger partial charge in [0.15, 0.2) is 0 Å². The molecule has 1 aromatic carbocycles. The number of nitrogens with zero attached hydrogens (tertiary/aromatic N) is 2. The monoisotopic (exact) mass is 272 g/mol. The summed E-state index contributed by atoms with van der Waals surface area (Å²) in [5, 5.41) is 0. The van der Waals surface area contributed by atoms with Crippen molar-refractivity contribution in [3.63, 3.8) is 0 Å². The molecule has 0 aliphatic heterocycles. The molecular formula is C19H16N2. The first-order valence-electron chi connectivity index (χ1n) is 6.92. The summed E-state index contributed by atoms with van der Waals surface area (Å²) in [7, 11) is 0. The van der Waals surface area contributed by atoms with Gasteiger partial charge in [-0.15, -0.1) is 0 Å². The van der Waals surface area contributed by atoms with Gasteiger partial charge in [0, 0.05) is 30.7 Å². The number of benzene rings is 1. The van der Waals surface area contributed by atoms with Gasteiger partial charge in [0.1, 0.15) is 0 Å². The topological polar surface area (TPSA) is 25.8 Å². The summed E-state index contributed by atoms with van der Waals surface area (Å²) in [6.07, 6.45) is 8.17. The Bertz CT molecular complexity index is 731. The molecule has 2 heteroatoms. The third-order valence-corrected chi connectivity index (χ3v) is 3.43. The minimum absolute atomic E-state index is 0.830. The number of hydrogen-bond acceptors (Lipinski definition) is 2. The van der Waals surface area contributed by atoms with Gasteiger partial charge in [-0.2, -0.15) is 0 Å². The van der Waals surface area contributed by atoms with Gasteiger partial charge in [0.25, 0.3) is 0 Å². The second kappa shape index (κ2) is 6.14. The summed E-state index contributed by atoms with van der Waals surface area (Å²) in [6, 6.07) is 16.6. The standard InChI is InChI=1S/C19H16N2/c1-2-15-3-5-16(6-4-15)13-19-14-18(9-12-21-19)17-7-10-20-11-8-17/h2-12,14H,1,13H2. The SMILES string of the molecule is C=Cc1ccc(Cc2cc(-c3ccncc3)ccn2)cc1. The van der Waals surface area contributed by atoms with E-state index in [2.05, 4.69) is 46.9 Å². The maximum absolute atomic E-state index is 4.47. The Balaban J connectivity index is 1.84. The fraction of sp³-hybridized carbons (Fsp3) is 0.0526. The minimum Gasteiger partial charge on any atom is -0.265 e. The van der Waals surface area contributed by atoms with Crippen LogP contribution in [-0.4, -0.2) is 9.97 Å². The highest BCUT2D eigenvalue weighted by molar-refractivity contribution is 5.62. The average Bonchev–Trinajstić information content (AvgIpc) is 2.57. The summed E-state index contributed by atoms with van der Waals surface area (Å²) < 4.78 is 0. The summed E-state index contributed by atoms with van der Waals surface area (Å²) in [4.78, 5) is 8.52. The molecule has 0 aliphatic carbocycles. The maximum Gasteiger partial charge on any atom is 0.0453 e. The van der Waals surface area contributed by atoms with E-state index in [-0.39, 0.29) is 0 Å². The van der Waals surface area contributed by atoms with Crippen LogP contribution in [0.15, 0.2) is 73.7 Å². The van der Waals surface area contributed by atoms with E-state index in [1.807, 2.05) is 42.9 Å². The predicted octanol–water partition coefficient (Wildman–Crippen LogP) is 4.38. The highest BCUT2D eigenvalue weighted by atomic mass is 14.7. The molecule has 0 atom stereocenters. The number of aromatic nitrogens is 2. The molecule has 0 bridgehead atoms. The summed E-state index contributed by atoms with van der Waals surface area (Å²) in [5.41, 5.74) is 5.79. The van der Waals surface area contributed by atoms with E-state index in [1.165, 1.54) is 11.1 Å². The van der Waals surface area contributed by atoms with E-state index in [0.29, 0.717) is 0 Å². The molecule has 0 aliphatic rings. The normalized spacial score (nSPS) is 10.3. The van der Waals surface area contributed by atoms with Crippen molar-refractivity contribution >= 4 is 6.08 Å². The molecule has 0 unspecified atom stereocenters. The second-order valence-corrected chi connectivity index (χ2v) is 4.89. The van der Waals surface area contributed by atoms with Crippen molar-refractivity contribution < 1.29 is 0 Å². The van der Waals surface area contributed by atoms with Crippen molar-refractivity contribution in [1.82, 2.24) is 9.97 Å². The Labute approximate surface area is 124 Å². The molecule has 0 N–H and O–H groups in total. The van der Waals surface area contributed by atoms with Crippen molar-refractivity contribution in [2.75, 3.05) is 0 Å². The fourth-order valence-corrected chi connectivity index (χ4v) is 2.28. The quantitative estimate of drug-likeness (QED) is 0.704. The first-order valence-corrected chi connectivity index (χ1v) is 6.92. The van der Waals surface area contributed by atoms with Crippen LogP contribution in [0.2, 0.25) is 0 Å². The van der Waals surface area contributed by atoms with Crippen molar-refractivity contribution in [3.05, 3.63) is 90.5 Å². The maximum atomic E-state index is 4.47. The first kappa shape index (κ1) is 13.3. The van der Waals surface area contributed by atoms with Gasteiger partial charge in [-0.1, -0.05) is 36.9 Å². The van der Waals surface area contributed by atoms with Crippen LogP contribution in [0.1, 0.15) is 16.8 Å². The lowest BCUT2D eigenvalue weighted by atomic mass is 10.0. The highest BCUT2D eigenvalue weighted by Gasteiger charge is 2.02. The predicted molar refractivity (Wildman–Crippen MR) is 86.8 cm³/mol. The largest absolute Gasteiger partial charge is 0.265 e. The molecule has 102 valence electrons. The van der Waals surface area contributed by atoms with Crippen LogP contribution in [0.3, 0.4) is 0 Å². The Morgan fingerprint density at radius 3 is 2.29 bits per heavy atom. The molecule has 0 saturated heterocycles. The first-order chi connectivity index (χ1) is 10.3. The van der Waals surface area contributed by atoms with E-state index < -0.39 is 0 Å². The van der Waals surface area contributed by atoms with Gasteiger partial charge in [0.2, 0.25) is 0 Å². The van der Waals surface area contributed by atoms with Crippen molar-refractivity contribution in [3.8, 4) is 11.1 Å². The van der Waals surface area contributed by atoms with Crippen LogP contribution in [0, 0.1) is 0 Å². The lowest BCUT2D eigenvalue weighted by molar-refractivity contribution is 1.07. The van der Waals surface area contributed by atoms with E-state index in [9.17, 15) is 0 Å². The smallest absolute Gasteiger partial charge is 0.0453 e. The van der Waals surface area contributed by atoms with Gasteiger partial charge < -0.3 is 0 Å². The molecule has 3 rings (SSSR count). The van der Waals surface area contributed by atoms with Gasteiger partial charge in [0.05, 0.1) is 0 Å². The summed E-state index contributed by atoms with van der Waals surface area (Å²) in [5.74, 6) is 0. The molecule has 3 aromatic rings. The zero-order valence-corrected chi connectivity index (χ0v) is 11.7. The Kier molecular flexibility index (Phi) is 3.88. The molecule has 0 fully saturated rings. The van der Waals surface area contributed by atoms with Gasteiger partial charge in [-0.3, -0.25) is 9.97 Å². The number of pyridine rings is 2. The third-order valence-electron chi connectivity index (χ3n) is 3.43. The molecule has 0 radical (unpaired) electrons. The lowest BCUT2D eigenvalue weighted by Gasteiger charge is -2.05. The van der Waals surface area contributed by atoms with Crippen LogP contribution in [0.25, 0.3) is 17.2 Å². The Hall–Kier alpha value is -2.74. The molecular weight excluding hydrogens is 256 g/mol. The Morgan fingerprint density at radius 2 is 1.57 bits per heavy atom. The van der Waals surface area contributed by atoms with Gasteiger partial charge in [-0.25, -0.2) is 0 Å². The summed E-state index contributed by atoms with van der Waals surface area (Å²) in [6.45, 7) is 3.77. The molecule has 2 nitrogen and oxygen atoms in total. The van der Waals surface area contributed by atoms with E-state index in [0.717, 1.165) is 23.2 Å². The Morgan fingerprint density at radius 1 is 0.857 bits per heavy atom. The van der Waals surface area contributed by atoms with Gasteiger partial charge in [-0.05, 0) is 46.5 Å². The molecule has 0 spiro atoms. The summed E-state index contributed by atoms with van der Waals surface area (Å²) >= 11 is 0. The van der Waals surface area contributed by atoms with Crippen LogP contribution >= 0.6 is 0 Å². The minimum atomic E-state index is 0.830. The molecule has 21 heavy (non-hydrogen) atoms. The van der Waals surface area contributed by atoms with Crippen molar-refractivity contribution in [1.29, 1.82) is 0 Å². The van der Waals surface area contributed by atoms with E-state index in [4.69, 9.17) is 0 Å². The van der Waals surface area contributed by atoms with Crippen molar-refractivity contribution in [2.24, 2.45) is 0 Å². The fourth-order valence-electron chi connectivity index (χ4n) is 2.28. The van der Waals surface area contributed by atoms with Crippen LogP contribution < -0.4 is 0 Å². The lowest BCUT2D eigenvalue weighted by Crippen LogP contribution is -1.93. The second-order valence-electron chi connectivity index (χ2n) is 4.89. The highest BCUT2D eigenvalue weighted by Crippen LogP contribution is 2.19. The van der Waals surface area contributed by atoms with E-state index in [1.54, 1.807) is 0 Å². The molecule has 0 amide bonds. The molecule has 2 aromatic heterocycles. The number of rotatable bonds is 4. The zero-order chi connectivity index (χ0) is 14.5. The zero-order valence-electron chi connectivity index (χ0n) is 11.7. The average molecular weight is 272 g/mol. The third kappa shape index (κ3) is 3.23. The van der Waals surface area contributed by atoms with Crippen LogP contribution in [-0.2, 0) is 6.42 Å². The van der Waals surface area contributed by atoms with E-state index >= 15 is 0 Å².